The quantitative estimate of drug-likeness (QED) is 0.636. The fourth-order valence-corrected chi connectivity index (χ4v) is 5.69. The van der Waals surface area contributed by atoms with E-state index in [2.05, 4.69) is 43.1 Å². The summed E-state index contributed by atoms with van der Waals surface area (Å²) in [5.41, 5.74) is 2.73. The van der Waals surface area contributed by atoms with E-state index in [4.69, 9.17) is 4.98 Å². The van der Waals surface area contributed by atoms with Crippen molar-refractivity contribution < 1.29 is 4.79 Å². The highest BCUT2D eigenvalue weighted by atomic mass is 16.2. The van der Waals surface area contributed by atoms with Gasteiger partial charge in [0.15, 0.2) is 0 Å². The monoisotopic (exact) mass is 446 g/mol. The maximum atomic E-state index is 12.9. The van der Waals surface area contributed by atoms with Crippen LogP contribution in [-0.4, -0.2) is 74.0 Å². The number of nitrogens with one attached hydrogen (secondary N) is 2. The molecule has 2 unspecified atom stereocenters. The zero-order chi connectivity index (χ0) is 22.5. The molecule has 2 N–H and O–H groups in total. The van der Waals surface area contributed by atoms with Gasteiger partial charge >= 0.3 is 0 Å². The molecule has 9 nitrogen and oxygen atoms in total. The van der Waals surface area contributed by atoms with Gasteiger partial charge in [-0.2, -0.15) is 4.98 Å². The van der Waals surface area contributed by atoms with Crippen molar-refractivity contribution in [3.05, 3.63) is 41.9 Å². The van der Waals surface area contributed by atoms with Gasteiger partial charge in [-0.05, 0) is 43.9 Å². The summed E-state index contributed by atoms with van der Waals surface area (Å²) in [6.07, 6.45) is 6.97. The summed E-state index contributed by atoms with van der Waals surface area (Å²) < 4.78 is 2.15. The Morgan fingerprint density at radius 3 is 2.88 bits per heavy atom. The van der Waals surface area contributed by atoms with Gasteiger partial charge in [-0.1, -0.05) is 6.07 Å². The second-order valence-electron chi connectivity index (χ2n) is 9.62. The Hall–Kier alpha value is -3.04. The van der Waals surface area contributed by atoms with Gasteiger partial charge in [0.25, 0.3) is 5.91 Å². The number of rotatable bonds is 4. The molecular weight excluding hydrogens is 416 g/mol. The van der Waals surface area contributed by atoms with Crippen molar-refractivity contribution in [2.24, 2.45) is 0 Å². The van der Waals surface area contributed by atoms with E-state index in [-0.39, 0.29) is 18.0 Å². The number of amides is 1. The second kappa shape index (κ2) is 8.07. The molecule has 172 valence electrons. The Morgan fingerprint density at radius 2 is 2.06 bits per heavy atom. The Bertz CT molecular complexity index is 1190. The number of fused-ring (bicyclic) bond motifs is 5. The highest BCUT2D eigenvalue weighted by Gasteiger charge is 2.41. The van der Waals surface area contributed by atoms with Crippen molar-refractivity contribution >= 4 is 28.7 Å². The van der Waals surface area contributed by atoms with Crippen LogP contribution in [0.1, 0.15) is 48.3 Å². The van der Waals surface area contributed by atoms with Gasteiger partial charge in [0.1, 0.15) is 17.2 Å². The zero-order valence-corrected chi connectivity index (χ0v) is 19.2. The van der Waals surface area contributed by atoms with Crippen LogP contribution in [0.4, 0.5) is 11.8 Å². The van der Waals surface area contributed by atoms with E-state index in [0.29, 0.717) is 23.5 Å². The predicted molar refractivity (Wildman–Crippen MR) is 127 cm³/mol. The smallest absolute Gasteiger partial charge is 0.270 e. The third-order valence-electron chi connectivity index (χ3n) is 7.31. The van der Waals surface area contributed by atoms with Crippen molar-refractivity contribution in [2.45, 2.75) is 50.9 Å². The molecular formula is C24H30N8O. The molecule has 5 heterocycles. The maximum Gasteiger partial charge on any atom is 0.270 e. The van der Waals surface area contributed by atoms with Gasteiger partial charge in [-0.25, -0.2) is 9.97 Å². The van der Waals surface area contributed by atoms with Gasteiger partial charge in [0.05, 0.1) is 12.1 Å². The van der Waals surface area contributed by atoms with Gasteiger partial charge in [-0.3, -0.25) is 9.69 Å². The zero-order valence-electron chi connectivity index (χ0n) is 19.2. The normalized spacial score (nSPS) is 25.3. The number of hydrogen-bond acceptors (Lipinski definition) is 7. The number of piperazine rings is 1. The maximum absolute atomic E-state index is 12.9. The van der Waals surface area contributed by atoms with E-state index in [9.17, 15) is 4.79 Å². The lowest BCUT2D eigenvalue weighted by atomic mass is 10.1. The van der Waals surface area contributed by atoms with E-state index < -0.39 is 0 Å². The van der Waals surface area contributed by atoms with Crippen molar-refractivity contribution in [1.29, 1.82) is 0 Å². The molecule has 9 heteroatoms. The van der Waals surface area contributed by atoms with E-state index >= 15 is 0 Å². The number of aromatic nitrogens is 4. The molecule has 0 bridgehead atoms. The first-order chi connectivity index (χ1) is 16.1. The van der Waals surface area contributed by atoms with Gasteiger partial charge in [0, 0.05) is 57.0 Å². The molecule has 0 spiro atoms. The summed E-state index contributed by atoms with van der Waals surface area (Å²) >= 11 is 0. The summed E-state index contributed by atoms with van der Waals surface area (Å²) in [7, 11) is 1.92. The van der Waals surface area contributed by atoms with Crippen LogP contribution in [0.15, 0.2) is 30.6 Å². The van der Waals surface area contributed by atoms with Crippen LogP contribution in [0.25, 0.3) is 11.0 Å². The van der Waals surface area contributed by atoms with Crippen LogP contribution in [-0.2, 0) is 6.54 Å². The number of hydrogen-bond donors (Lipinski definition) is 2. The van der Waals surface area contributed by atoms with Crippen LogP contribution in [0.2, 0.25) is 0 Å². The number of carbonyl (C=O) groups excluding carboxylic acids is 1. The number of carbonyl (C=O) groups is 1. The summed E-state index contributed by atoms with van der Waals surface area (Å²) in [5.74, 6) is 1.29. The average molecular weight is 447 g/mol. The summed E-state index contributed by atoms with van der Waals surface area (Å²) in [6.45, 7) is 6.26. The van der Waals surface area contributed by atoms with E-state index in [0.717, 1.165) is 56.5 Å². The van der Waals surface area contributed by atoms with E-state index in [1.807, 2.05) is 30.3 Å². The third-order valence-corrected chi connectivity index (χ3v) is 7.31. The van der Waals surface area contributed by atoms with Crippen LogP contribution < -0.4 is 10.6 Å². The third kappa shape index (κ3) is 3.65. The number of likely N-dealkylation sites (N-methyl/N-ethyl adjacent to an activating group) is 1. The second-order valence-corrected chi connectivity index (χ2v) is 9.62. The van der Waals surface area contributed by atoms with Crippen LogP contribution >= 0.6 is 0 Å². The van der Waals surface area contributed by atoms with E-state index in [1.165, 1.54) is 5.56 Å². The summed E-state index contributed by atoms with van der Waals surface area (Å²) in [5, 5.41) is 7.62. The molecule has 3 atom stereocenters. The lowest BCUT2D eigenvalue weighted by molar-refractivity contribution is 0.0632. The minimum Gasteiger partial charge on any atom is -0.335 e. The SMILES string of the molecule is C[C@H]1CN(Cc2ccc(Nc3ncc4cc5n(c4n3)C3CCCC3N(C)C5=O)nc2)CCN1. The van der Waals surface area contributed by atoms with E-state index in [1.54, 1.807) is 6.20 Å². The first-order valence-electron chi connectivity index (χ1n) is 11.9. The standard InChI is InChI=1S/C24H30N8O/c1-15-13-31(9-8-25-15)14-16-6-7-21(26-11-16)28-24-27-12-17-10-20-23(33)30(2)18-4-3-5-19(18)32(20)22(17)29-24/h6-7,10-12,15,18-19,25H,3-5,8-9,13-14H2,1-2H3,(H,26,27,28,29)/t15-,18?,19?/m0/s1. The summed E-state index contributed by atoms with van der Waals surface area (Å²) in [4.78, 5) is 31.2. The Kier molecular flexibility index (Phi) is 5.03. The fraction of sp³-hybridized carbons (Fsp3) is 0.500. The number of anilines is 2. The van der Waals surface area contributed by atoms with Gasteiger partial charge in [-0.15, -0.1) is 0 Å². The molecule has 3 aromatic heterocycles. The summed E-state index contributed by atoms with van der Waals surface area (Å²) in [6, 6.07) is 7.07. The highest BCUT2D eigenvalue weighted by Crippen LogP contribution is 2.41. The molecule has 0 aromatic carbocycles. The van der Waals surface area contributed by atoms with Crippen LogP contribution in [0.5, 0.6) is 0 Å². The van der Waals surface area contributed by atoms with Crippen LogP contribution in [0.3, 0.4) is 0 Å². The van der Waals surface area contributed by atoms with Crippen molar-refractivity contribution in [3.8, 4) is 0 Å². The Labute approximate surface area is 193 Å². The van der Waals surface area contributed by atoms with Crippen molar-refractivity contribution in [2.75, 3.05) is 32.0 Å². The molecule has 3 aliphatic rings. The van der Waals surface area contributed by atoms with Crippen molar-refractivity contribution in [3.63, 3.8) is 0 Å². The fourth-order valence-electron chi connectivity index (χ4n) is 5.69. The van der Waals surface area contributed by atoms with Crippen molar-refractivity contribution in [1.82, 2.24) is 34.6 Å². The molecule has 6 rings (SSSR count). The lowest BCUT2D eigenvalue weighted by Gasteiger charge is -2.36. The minimum atomic E-state index is 0.0711. The topological polar surface area (TPSA) is 91.2 Å². The Morgan fingerprint density at radius 1 is 1.18 bits per heavy atom. The largest absolute Gasteiger partial charge is 0.335 e. The Balaban J connectivity index is 1.23. The average Bonchev–Trinajstić information content (AvgIpc) is 3.43. The molecule has 1 aliphatic carbocycles. The number of nitrogens with zero attached hydrogens (tertiary/aromatic N) is 6. The number of pyridine rings is 1. The molecule has 0 radical (unpaired) electrons. The molecule has 33 heavy (non-hydrogen) atoms. The first kappa shape index (κ1) is 20.6. The van der Waals surface area contributed by atoms with Gasteiger partial charge in [0.2, 0.25) is 5.95 Å². The molecule has 2 aliphatic heterocycles. The van der Waals surface area contributed by atoms with Crippen LogP contribution in [0, 0.1) is 0 Å². The molecule has 1 saturated heterocycles. The molecule has 2 fully saturated rings. The predicted octanol–water partition coefficient (Wildman–Crippen LogP) is 2.54. The molecule has 1 amide bonds. The van der Waals surface area contributed by atoms with Gasteiger partial charge < -0.3 is 20.1 Å². The minimum absolute atomic E-state index is 0.0711. The first-order valence-corrected chi connectivity index (χ1v) is 11.9. The highest BCUT2D eigenvalue weighted by molar-refractivity contribution is 5.99. The molecule has 3 aromatic rings. The lowest BCUT2D eigenvalue weighted by Crippen LogP contribution is -2.48. The molecule has 1 saturated carbocycles.